The molecular weight excluding hydrogens is 324 g/mol. The Kier molecular flexibility index (Phi) is 7.36. The molecule has 26 heavy (non-hydrogen) atoms. The molecule has 1 aliphatic heterocycles. The smallest absolute Gasteiger partial charge is 0.220 e. The Bertz CT molecular complexity index is 567. The molecule has 1 saturated carbocycles. The lowest BCUT2D eigenvalue weighted by Crippen LogP contribution is -2.39. The van der Waals surface area contributed by atoms with Crippen molar-refractivity contribution in [3.8, 4) is 5.75 Å². The highest BCUT2D eigenvalue weighted by Crippen LogP contribution is 2.25. The molecule has 4 heteroatoms. The Hall–Kier alpha value is -1.55. The van der Waals surface area contributed by atoms with Crippen LogP contribution in [0, 0.1) is 0 Å². The molecule has 1 unspecified atom stereocenters. The zero-order valence-electron chi connectivity index (χ0n) is 16.2. The van der Waals surface area contributed by atoms with Gasteiger partial charge in [0.2, 0.25) is 5.91 Å². The highest BCUT2D eigenvalue weighted by Gasteiger charge is 2.29. The maximum atomic E-state index is 12.4. The number of aryl methyl sites for hydroxylation is 1. The van der Waals surface area contributed by atoms with E-state index in [0.29, 0.717) is 19.1 Å². The molecule has 0 spiro atoms. The van der Waals surface area contributed by atoms with E-state index in [-0.39, 0.29) is 5.91 Å². The molecule has 1 amide bonds. The molecule has 3 rings (SSSR count). The van der Waals surface area contributed by atoms with Crippen molar-refractivity contribution in [2.75, 3.05) is 19.7 Å². The van der Waals surface area contributed by atoms with Gasteiger partial charge in [0.25, 0.3) is 0 Å². The SMILES string of the molecule is CCOc1ccccc1CCC(=O)NC1CCN(C2CCCCCC2)C1. The van der Waals surface area contributed by atoms with Gasteiger partial charge in [-0.1, -0.05) is 43.9 Å². The van der Waals surface area contributed by atoms with E-state index in [0.717, 1.165) is 43.3 Å². The summed E-state index contributed by atoms with van der Waals surface area (Å²) < 4.78 is 5.66. The van der Waals surface area contributed by atoms with Crippen molar-refractivity contribution in [2.24, 2.45) is 0 Å². The maximum absolute atomic E-state index is 12.4. The van der Waals surface area contributed by atoms with Gasteiger partial charge >= 0.3 is 0 Å². The third kappa shape index (κ3) is 5.47. The summed E-state index contributed by atoms with van der Waals surface area (Å²) in [4.78, 5) is 15.0. The zero-order chi connectivity index (χ0) is 18.2. The fourth-order valence-corrected chi connectivity index (χ4v) is 4.41. The summed E-state index contributed by atoms with van der Waals surface area (Å²) in [5.41, 5.74) is 1.12. The molecular formula is C22H34N2O2. The van der Waals surface area contributed by atoms with Gasteiger partial charge in [-0.2, -0.15) is 0 Å². The van der Waals surface area contributed by atoms with Gasteiger partial charge < -0.3 is 10.1 Å². The molecule has 1 N–H and O–H groups in total. The Morgan fingerprint density at radius 3 is 2.69 bits per heavy atom. The number of likely N-dealkylation sites (tertiary alicyclic amines) is 1. The van der Waals surface area contributed by atoms with Gasteiger partial charge in [0.15, 0.2) is 0 Å². The fourth-order valence-electron chi connectivity index (χ4n) is 4.41. The van der Waals surface area contributed by atoms with Gasteiger partial charge in [-0.05, 0) is 44.2 Å². The first-order valence-corrected chi connectivity index (χ1v) is 10.5. The van der Waals surface area contributed by atoms with Crippen molar-refractivity contribution in [1.82, 2.24) is 10.2 Å². The first-order chi connectivity index (χ1) is 12.8. The molecule has 0 bridgehead atoms. The number of ether oxygens (including phenoxy) is 1. The summed E-state index contributed by atoms with van der Waals surface area (Å²) in [5, 5.41) is 3.26. The van der Waals surface area contributed by atoms with Crippen LogP contribution in [0.1, 0.15) is 63.9 Å². The zero-order valence-corrected chi connectivity index (χ0v) is 16.2. The van der Waals surface area contributed by atoms with Gasteiger partial charge in [0, 0.05) is 31.6 Å². The molecule has 0 aromatic heterocycles. The number of para-hydroxylation sites is 1. The van der Waals surface area contributed by atoms with Crippen LogP contribution in [0.2, 0.25) is 0 Å². The summed E-state index contributed by atoms with van der Waals surface area (Å²) in [6.45, 7) is 4.82. The number of amides is 1. The molecule has 2 fully saturated rings. The van der Waals surface area contributed by atoms with E-state index in [1.807, 2.05) is 25.1 Å². The van der Waals surface area contributed by atoms with Crippen molar-refractivity contribution in [3.05, 3.63) is 29.8 Å². The Morgan fingerprint density at radius 2 is 1.92 bits per heavy atom. The van der Waals surface area contributed by atoms with E-state index >= 15 is 0 Å². The lowest BCUT2D eigenvalue weighted by Gasteiger charge is -2.26. The fraction of sp³-hybridized carbons (Fsp3) is 0.682. The van der Waals surface area contributed by atoms with Crippen molar-refractivity contribution in [3.63, 3.8) is 0 Å². The highest BCUT2D eigenvalue weighted by atomic mass is 16.5. The molecule has 1 saturated heterocycles. The van der Waals surface area contributed by atoms with Crippen LogP contribution >= 0.6 is 0 Å². The van der Waals surface area contributed by atoms with Crippen LogP contribution in [0.4, 0.5) is 0 Å². The Morgan fingerprint density at radius 1 is 1.15 bits per heavy atom. The number of hydrogen-bond acceptors (Lipinski definition) is 3. The first-order valence-electron chi connectivity index (χ1n) is 10.5. The minimum Gasteiger partial charge on any atom is -0.494 e. The van der Waals surface area contributed by atoms with Gasteiger partial charge in [0.05, 0.1) is 6.61 Å². The predicted molar refractivity (Wildman–Crippen MR) is 106 cm³/mol. The lowest BCUT2D eigenvalue weighted by atomic mass is 10.1. The Labute approximate surface area is 158 Å². The third-order valence-electron chi connectivity index (χ3n) is 5.82. The number of rotatable bonds is 7. The number of nitrogens with one attached hydrogen (secondary N) is 1. The maximum Gasteiger partial charge on any atom is 0.220 e. The summed E-state index contributed by atoms with van der Waals surface area (Å²) in [5.74, 6) is 1.08. The normalized spacial score (nSPS) is 22.1. The summed E-state index contributed by atoms with van der Waals surface area (Å²) in [7, 11) is 0. The first kappa shape index (κ1) is 19.2. The molecule has 144 valence electrons. The molecule has 1 aromatic carbocycles. The molecule has 4 nitrogen and oxygen atoms in total. The number of nitrogens with zero attached hydrogens (tertiary/aromatic N) is 1. The van der Waals surface area contributed by atoms with Gasteiger partial charge in [-0.3, -0.25) is 9.69 Å². The summed E-state index contributed by atoms with van der Waals surface area (Å²) >= 11 is 0. The molecule has 2 aliphatic rings. The van der Waals surface area contributed by atoms with Crippen molar-refractivity contribution >= 4 is 5.91 Å². The van der Waals surface area contributed by atoms with Crippen LogP contribution in [0.25, 0.3) is 0 Å². The van der Waals surface area contributed by atoms with E-state index in [1.165, 1.54) is 38.5 Å². The van der Waals surface area contributed by atoms with Crippen molar-refractivity contribution in [2.45, 2.75) is 76.8 Å². The van der Waals surface area contributed by atoms with Crippen LogP contribution in [0.5, 0.6) is 5.75 Å². The van der Waals surface area contributed by atoms with Crippen LogP contribution in [0.15, 0.2) is 24.3 Å². The van der Waals surface area contributed by atoms with Crippen molar-refractivity contribution in [1.29, 1.82) is 0 Å². The van der Waals surface area contributed by atoms with Crippen LogP contribution < -0.4 is 10.1 Å². The van der Waals surface area contributed by atoms with Gasteiger partial charge in [0.1, 0.15) is 5.75 Å². The van der Waals surface area contributed by atoms with Gasteiger partial charge in [-0.15, -0.1) is 0 Å². The predicted octanol–water partition coefficient (Wildman–Crippen LogP) is 3.93. The molecule has 1 atom stereocenters. The van der Waals surface area contributed by atoms with Gasteiger partial charge in [-0.25, -0.2) is 0 Å². The van der Waals surface area contributed by atoms with E-state index < -0.39 is 0 Å². The second kappa shape index (κ2) is 9.96. The average molecular weight is 359 g/mol. The molecule has 1 heterocycles. The van der Waals surface area contributed by atoms with Crippen LogP contribution in [-0.4, -0.2) is 42.6 Å². The summed E-state index contributed by atoms with van der Waals surface area (Å²) in [6, 6.07) is 9.11. The lowest BCUT2D eigenvalue weighted by molar-refractivity contribution is -0.121. The number of hydrogen-bond donors (Lipinski definition) is 1. The average Bonchev–Trinajstić information content (AvgIpc) is 2.93. The standard InChI is InChI=1S/C22H34N2O2/c1-2-26-21-12-8-7-9-18(21)13-14-22(25)23-19-15-16-24(17-19)20-10-5-3-4-6-11-20/h7-9,12,19-20H,2-6,10-11,13-17H2,1H3,(H,23,25). The number of carbonyl (C=O) groups excluding carboxylic acids is 1. The van der Waals surface area contributed by atoms with Crippen LogP contribution in [-0.2, 0) is 11.2 Å². The van der Waals surface area contributed by atoms with E-state index in [4.69, 9.17) is 4.74 Å². The second-order valence-electron chi connectivity index (χ2n) is 7.73. The summed E-state index contributed by atoms with van der Waals surface area (Å²) in [6.07, 6.45) is 10.6. The van der Waals surface area contributed by atoms with Crippen molar-refractivity contribution < 1.29 is 9.53 Å². The quantitative estimate of drug-likeness (QED) is 0.751. The largest absolute Gasteiger partial charge is 0.494 e. The monoisotopic (exact) mass is 358 g/mol. The van der Waals surface area contributed by atoms with E-state index in [9.17, 15) is 4.79 Å². The molecule has 1 aliphatic carbocycles. The topological polar surface area (TPSA) is 41.6 Å². The van der Waals surface area contributed by atoms with E-state index in [1.54, 1.807) is 0 Å². The number of benzene rings is 1. The van der Waals surface area contributed by atoms with E-state index in [2.05, 4.69) is 16.3 Å². The minimum absolute atomic E-state index is 0.170. The number of carbonyl (C=O) groups is 1. The Balaban J connectivity index is 1.43. The highest BCUT2D eigenvalue weighted by molar-refractivity contribution is 5.76. The molecule has 1 aromatic rings. The molecule has 0 radical (unpaired) electrons. The second-order valence-corrected chi connectivity index (χ2v) is 7.73. The third-order valence-corrected chi connectivity index (χ3v) is 5.82. The minimum atomic E-state index is 0.170. The van der Waals surface area contributed by atoms with Crippen LogP contribution in [0.3, 0.4) is 0 Å².